The highest BCUT2D eigenvalue weighted by molar-refractivity contribution is 6.36. The summed E-state index contributed by atoms with van der Waals surface area (Å²) in [7, 11) is 0. The predicted molar refractivity (Wildman–Crippen MR) is 125 cm³/mol. The molecule has 2 aliphatic rings. The molecule has 2 aromatic rings. The Morgan fingerprint density at radius 3 is 2.40 bits per heavy atom. The maximum Gasteiger partial charge on any atom is 0.255 e. The molecular weight excluding hydrogens is 441 g/mol. The Bertz CT molecular complexity index is 922. The molecule has 30 heavy (non-hydrogen) atoms. The van der Waals surface area contributed by atoms with Gasteiger partial charge in [-0.2, -0.15) is 0 Å². The van der Waals surface area contributed by atoms with Gasteiger partial charge in [-0.3, -0.25) is 4.79 Å². The summed E-state index contributed by atoms with van der Waals surface area (Å²) >= 11 is 18.4. The van der Waals surface area contributed by atoms with Crippen molar-refractivity contribution in [2.24, 2.45) is 11.8 Å². The fraction of sp³-hybridized carbons (Fsp3) is 0.435. The van der Waals surface area contributed by atoms with Gasteiger partial charge in [0.25, 0.3) is 5.91 Å². The summed E-state index contributed by atoms with van der Waals surface area (Å²) in [6, 6.07) is 11.2. The minimum Gasteiger partial charge on any atom is -0.385 e. The average Bonchev–Trinajstić information content (AvgIpc) is 3.26. The standard InChI is InChI=1S/C23H26Cl3N3O/c1-15-3-5-19(10-21(15)25)27-7-2-8-28-11-16-13-29(14-17(16)12-28)23(30)20-6-4-18(24)9-22(20)26/h3-6,9-10,16-17,27H,2,7-8,11-14H2,1H3. The summed E-state index contributed by atoms with van der Waals surface area (Å²) < 4.78 is 0. The van der Waals surface area contributed by atoms with Gasteiger partial charge in [0.2, 0.25) is 0 Å². The minimum atomic E-state index is 0.0126. The number of benzene rings is 2. The Kier molecular flexibility index (Phi) is 6.78. The molecule has 4 rings (SSSR count). The molecule has 0 aromatic heterocycles. The zero-order valence-electron chi connectivity index (χ0n) is 17.0. The maximum atomic E-state index is 12.8. The second-order valence-electron chi connectivity index (χ2n) is 8.36. The van der Waals surface area contributed by atoms with E-state index in [0.29, 0.717) is 27.4 Å². The van der Waals surface area contributed by atoms with Crippen LogP contribution in [0.1, 0.15) is 22.3 Å². The highest BCUT2D eigenvalue weighted by Crippen LogP contribution is 2.33. The lowest BCUT2D eigenvalue weighted by Crippen LogP contribution is -2.34. The van der Waals surface area contributed by atoms with Gasteiger partial charge in [-0.15, -0.1) is 0 Å². The van der Waals surface area contributed by atoms with Crippen LogP contribution in [0.4, 0.5) is 5.69 Å². The second-order valence-corrected chi connectivity index (χ2v) is 9.61. The van der Waals surface area contributed by atoms with E-state index in [1.54, 1.807) is 18.2 Å². The van der Waals surface area contributed by atoms with E-state index in [2.05, 4.69) is 16.3 Å². The van der Waals surface area contributed by atoms with Crippen molar-refractivity contribution in [2.75, 3.05) is 44.6 Å². The van der Waals surface area contributed by atoms with Crippen LogP contribution in [0.15, 0.2) is 36.4 Å². The zero-order chi connectivity index (χ0) is 21.3. The molecule has 0 bridgehead atoms. The van der Waals surface area contributed by atoms with Crippen molar-refractivity contribution in [3.8, 4) is 0 Å². The molecule has 2 unspecified atom stereocenters. The summed E-state index contributed by atoms with van der Waals surface area (Å²) in [4.78, 5) is 17.3. The molecule has 4 nitrogen and oxygen atoms in total. The first-order chi connectivity index (χ1) is 14.4. The second kappa shape index (κ2) is 9.35. The number of nitrogens with one attached hydrogen (secondary N) is 1. The van der Waals surface area contributed by atoms with E-state index in [-0.39, 0.29) is 5.91 Å². The number of halogens is 3. The maximum absolute atomic E-state index is 12.8. The number of carbonyl (C=O) groups excluding carboxylic acids is 1. The van der Waals surface area contributed by atoms with Gasteiger partial charge in [-0.25, -0.2) is 0 Å². The van der Waals surface area contributed by atoms with Crippen molar-refractivity contribution in [1.29, 1.82) is 0 Å². The van der Waals surface area contributed by atoms with Gasteiger partial charge < -0.3 is 15.1 Å². The van der Waals surface area contributed by atoms with Crippen molar-refractivity contribution in [1.82, 2.24) is 9.80 Å². The fourth-order valence-corrected chi connectivity index (χ4v) is 5.18. The summed E-state index contributed by atoms with van der Waals surface area (Å²) in [5.74, 6) is 1.10. The van der Waals surface area contributed by atoms with Crippen LogP contribution >= 0.6 is 34.8 Å². The third kappa shape index (κ3) is 4.88. The van der Waals surface area contributed by atoms with Crippen molar-refractivity contribution < 1.29 is 4.79 Å². The van der Waals surface area contributed by atoms with Gasteiger partial charge in [-0.05, 0) is 67.6 Å². The van der Waals surface area contributed by atoms with Crippen LogP contribution in [-0.2, 0) is 0 Å². The van der Waals surface area contributed by atoms with Crippen LogP contribution in [0, 0.1) is 18.8 Å². The average molecular weight is 467 g/mol. The van der Waals surface area contributed by atoms with Gasteiger partial charge in [-0.1, -0.05) is 40.9 Å². The van der Waals surface area contributed by atoms with E-state index >= 15 is 0 Å². The van der Waals surface area contributed by atoms with E-state index < -0.39 is 0 Å². The van der Waals surface area contributed by atoms with Crippen molar-refractivity contribution in [2.45, 2.75) is 13.3 Å². The molecule has 0 radical (unpaired) electrons. The third-order valence-electron chi connectivity index (χ3n) is 6.16. The molecule has 160 valence electrons. The molecule has 2 aromatic carbocycles. The predicted octanol–water partition coefficient (Wildman–Crippen LogP) is 5.46. The van der Waals surface area contributed by atoms with Crippen LogP contribution < -0.4 is 5.32 Å². The number of fused-ring (bicyclic) bond motifs is 1. The van der Waals surface area contributed by atoms with Gasteiger partial charge >= 0.3 is 0 Å². The molecule has 7 heteroatoms. The van der Waals surface area contributed by atoms with Crippen molar-refractivity contribution in [3.05, 3.63) is 62.6 Å². The Hall–Kier alpha value is -1.46. The summed E-state index contributed by atoms with van der Waals surface area (Å²) in [6.45, 7) is 7.72. The largest absolute Gasteiger partial charge is 0.385 e. The number of aryl methyl sites for hydroxylation is 1. The molecule has 1 N–H and O–H groups in total. The summed E-state index contributed by atoms with van der Waals surface area (Å²) in [5.41, 5.74) is 2.70. The van der Waals surface area contributed by atoms with Crippen molar-refractivity contribution in [3.63, 3.8) is 0 Å². The van der Waals surface area contributed by atoms with Gasteiger partial charge in [0.15, 0.2) is 0 Å². The molecule has 1 amide bonds. The number of amides is 1. The first-order valence-electron chi connectivity index (χ1n) is 10.4. The number of carbonyl (C=O) groups is 1. The lowest BCUT2D eigenvalue weighted by Gasteiger charge is -2.22. The van der Waals surface area contributed by atoms with Crippen LogP contribution in [0.5, 0.6) is 0 Å². The number of rotatable bonds is 6. The minimum absolute atomic E-state index is 0.0126. The van der Waals surface area contributed by atoms with E-state index in [1.165, 1.54) is 0 Å². The molecule has 2 aliphatic heterocycles. The lowest BCUT2D eigenvalue weighted by atomic mass is 10.0. The van der Waals surface area contributed by atoms with Crippen molar-refractivity contribution >= 4 is 46.4 Å². The Morgan fingerprint density at radius 2 is 1.73 bits per heavy atom. The quantitative estimate of drug-likeness (QED) is 0.574. The summed E-state index contributed by atoms with van der Waals surface area (Å²) in [6.07, 6.45) is 1.08. The number of anilines is 1. The Morgan fingerprint density at radius 1 is 1.00 bits per heavy atom. The molecule has 0 spiro atoms. The van der Waals surface area contributed by atoms with E-state index in [4.69, 9.17) is 34.8 Å². The molecule has 2 saturated heterocycles. The lowest BCUT2D eigenvalue weighted by molar-refractivity contribution is 0.0774. The highest BCUT2D eigenvalue weighted by Gasteiger charge is 2.41. The van der Waals surface area contributed by atoms with E-state index in [1.807, 2.05) is 24.0 Å². The molecule has 2 atom stereocenters. The number of likely N-dealkylation sites (tertiary alicyclic amines) is 2. The summed E-state index contributed by atoms with van der Waals surface area (Å²) in [5, 5.41) is 5.22. The molecule has 2 fully saturated rings. The van der Waals surface area contributed by atoms with E-state index in [9.17, 15) is 4.79 Å². The van der Waals surface area contributed by atoms with Gasteiger partial charge in [0, 0.05) is 48.5 Å². The van der Waals surface area contributed by atoms with Crippen LogP contribution in [0.2, 0.25) is 15.1 Å². The Balaban J connectivity index is 1.21. The fourth-order valence-electron chi connectivity index (χ4n) is 4.51. The van der Waals surface area contributed by atoms with Crippen LogP contribution in [0.25, 0.3) is 0 Å². The topological polar surface area (TPSA) is 35.6 Å². The van der Waals surface area contributed by atoms with Crippen LogP contribution in [-0.4, -0.2) is 55.0 Å². The molecule has 2 heterocycles. The molecule has 0 saturated carbocycles. The van der Waals surface area contributed by atoms with Gasteiger partial charge in [0.05, 0.1) is 10.6 Å². The smallest absolute Gasteiger partial charge is 0.255 e. The van der Waals surface area contributed by atoms with E-state index in [0.717, 1.165) is 62.0 Å². The third-order valence-corrected chi connectivity index (χ3v) is 7.12. The number of nitrogens with zero attached hydrogens (tertiary/aromatic N) is 2. The first-order valence-corrected chi connectivity index (χ1v) is 11.5. The monoisotopic (exact) mass is 465 g/mol. The number of hydrogen-bond acceptors (Lipinski definition) is 3. The Labute approximate surface area is 193 Å². The molecule has 0 aliphatic carbocycles. The first kappa shape index (κ1) is 21.8. The van der Waals surface area contributed by atoms with Crippen LogP contribution in [0.3, 0.4) is 0 Å². The highest BCUT2D eigenvalue weighted by atomic mass is 35.5. The van der Waals surface area contributed by atoms with Gasteiger partial charge in [0.1, 0.15) is 0 Å². The molecular formula is C23H26Cl3N3O. The number of hydrogen-bond donors (Lipinski definition) is 1. The SMILES string of the molecule is Cc1ccc(NCCCN2CC3CN(C(=O)c4ccc(Cl)cc4Cl)CC3C2)cc1Cl. The normalized spacial score (nSPS) is 21.1. The zero-order valence-corrected chi connectivity index (χ0v) is 19.3.